The molecule has 0 saturated heterocycles. The third-order valence-electron chi connectivity index (χ3n) is 5.03. The van der Waals surface area contributed by atoms with Gasteiger partial charge in [0, 0.05) is 35.9 Å². The molecule has 6 nitrogen and oxygen atoms in total. The number of aromatic nitrogens is 2. The van der Waals surface area contributed by atoms with Gasteiger partial charge in [-0.05, 0) is 54.7 Å². The third-order valence-corrected chi connectivity index (χ3v) is 5.03. The summed E-state index contributed by atoms with van der Waals surface area (Å²) in [7, 11) is 0. The highest BCUT2D eigenvalue weighted by molar-refractivity contribution is 6.01. The number of aromatic amines is 1. The highest BCUT2D eigenvalue weighted by atomic mass is 16.2. The number of H-pyrrole nitrogens is 1. The van der Waals surface area contributed by atoms with Crippen molar-refractivity contribution in [1.29, 1.82) is 5.26 Å². The Morgan fingerprint density at radius 2 is 2.07 bits per heavy atom. The van der Waals surface area contributed by atoms with Crippen LogP contribution in [0.3, 0.4) is 0 Å². The summed E-state index contributed by atoms with van der Waals surface area (Å²) in [4.78, 5) is 32.0. The molecule has 0 radical (unpaired) electrons. The molecule has 2 heterocycles. The number of anilines is 1. The van der Waals surface area contributed by atoms with Crippen LogP contribution in [0.1, 0.15) is 41.6 Å². The molecule has 2 aromatic heterocycles. The zero-order chi connectivity index (χ0) is 19.7. The average Bonchev–Trinajstić information content (AvgIpc) is 3.43. The second-order valence-electron chi connectivity index (χ2n) is 7.17. The van der Waals surface area contributed by atoms with E-state index in [0.29, 0.717) is 17.0 Å². The second kappa shape index (κ2) is 7.28. The van der Waals surface area contributed by atoms with Crippen LogP contribution >= 0.6 is 0 Å². The molecule has 6 heteroatoms. The quantitative estimate of drug-likeness (QED) is 0.628. The molecule has 28 heavy (non-hydrogen) atoms. The van der Waals surface area contributed by atoms with E-state index in [1.807, 2.05) is 43.5 Å². The number of nitrogens with zero attached hydrogens (tertiary/aromatic N) is 2. The van der Waals surface area contributed by atoms with Crippen LogP contribution in [0.25, 0.3) is 22.2 Å². The van der Waals surface area contributed by atoms with E-state index in [1.165, 1.54) is 0 Å². The van der Waals surface area contributed by atoms with Crippen molar-refractivity contribution >= 4 is 28.5 Å². The molecule has 4 rings (SSSR count). The zero-order valence-corrected chi connectivity index (χ0v) is 15.6. The predicted molar refractivity (Wildman–Crippen MR) is 107 cm³/mol. The number of aryl methyl sites for hydroxylation is 1. The first-order chi connectivity index (χ1) is 13.6. The van der Waals surface area contributed by atoms with Crippen LogP contribution in [-0.4, -0.2) is 21.7 Å². The van der Waals surface area contributed by atoms with Gasteiger partial charge in [0.15, 0.2) is 5.78 Å². The molecule has 0 aliphatic heterocycles. The lowest BCUT2D eigenvalue weighted by Gasteiger charge is -2.12. The van der Waals surface area contributed by atoms with Gasteiger partial charge in [-0.2, -0.15) is 5.26 Å². The molecule has 0 unspecified atom stereocenters. The minimum atomic E-state index is -0.0323. The van der Waals surface area contributed by atoms with Crippen molar-refractivity contribution in [3.63, 3.8) is 0 Å². The van der Waals surface area contributed by atoms with E-state index in [-0.39, 0.29) is 30.4 Å². The Morgan fingerprint density at radius 3 is 2.79 bits per heavy atom. The number of ketones is 1. The number of pyridine rings is 1. The molecule has 0 spiro atoms. The fourth-order valence-corrected chi connectivity index (χ4v) is 3.35. The minimum Gasteiger partial charge on any atom is -0.346 e. The van der Waals surface area contributed by atoms with Gasteiger partial charge in [0.1, 0.15) is 11.5 Å². The lowest BCUT2D eigenvalue weighted by Crippen LogP contribution is -2.14. The summed E-state index contributed by atoms with van der Waals surface area (Å²) < 4.78 is 0. The Hall–Kier alpha value is -3.46. The Kier molecular flexibility index (Phi) is 4.66. The summed E-state index contributed by atoms with van der Waals surface area (Å²) in [5.41, 5.74) is 4.20. The van der Waals surface area contributed by atoms with Crippen LogP contribution in [0, 0.1) is 24.2 Å². The molecular weight excluding hydrogens is 352 g/mol. The van der Waals surface area contributed by atoms with Crippen LogP contribution < -0.4 is 5.32 Å². The van der Waals surface area contributed by atoms with Gasteiger partial charge >= 0.3 is 0 Å². The van der Waals surface area contributed by atoms with Gasteiger partial charge in [-0.25, -0.2) is 4.98 Å². The predicted octanol–water partition coefficient (Wildman–Crippen LogP) is 4.37. The minimum absolute atomic E-state index is 0.0134. The number of rotatable bonds is 6. The van der Waals surface area contributed by atoms with Gasteiger partial charge in [0.05, 0.1) is 6.07 Å². The van der Waals surface area contributed by atoms with E-state index < -0.39 is 0 Å². The Balaban J connectivity index is 1.71. The summed E-state index contributed by atoms with van der Waals surface area (Å²) in [5, 5.41) is 12.5. The Labute approximate surface area is 162 Å². The van der Waals surface area contributed by atoms with E-state index in [9.17, 15) is 9.59 Å². The monoisotopic (exact) mass is 372 g/mol. The molecule has 1 aliphatic rings. The smallest absolute Gasteiger partial charge is 0.228 e. The first-order valence-corrected chi connectivity index (χ1v) is 9.37. The van der Waals surface area contributed by atoms with Crippen molar-refractivity contribution < 1.29 is 9.59 Å². The van der Waals surface area contributed by atoms with E-state index in [1.54, 1.807) is 6.07 Å². The van der Waals surface area contributed by atoms with Crippen LogP contribution in [0.4, 0.5) is 5.82 Å². The molecule has 3 aromatic rings. The number of hydrogen-bond donors (Lipinski definition) is 2. The SMILES string of the molecule is Cc1cc(C(=O)CCC#N)ccc1-c1cc(NC(=O)C2CC2)nc2[nH]ccc12. The summed E-state index contributed by atoms with van der Waals surface area (Å²) in [6.07, 6.45) is 4.14. The first kappa shape index (κ1) is 17.9. The molecular formula is C22H20N4O2. The average molecular weight is 372 g/mol. The van der Waals surface area contributed by atoms with Crippen molar-refractivity contribution in [3.05, 3.63) is 47.7 Å². The van der Waals surface area contributed by atoms with Crippen LogP contribution in [0.15, 0.2) is 36.5 Å². The van der Waals surface area contributed by atoms with Crippen molar-refractivity contribution in [2.24, 2.45) is 5.92 Å². The molecule has 1 aliphatic carbocycles. The van der Waals surface area contributed by atoms with Crippen LogP contribution in [0.5, 0.6) is 0 Å². The van der Waals surface area contributed by atoms with E-state index in [2.05, 4.69) is 15.3 Å². The van der Waals surface area contributed by atoms with Crippen molar-refractivity contribution in [1.82, 2.24) is 9.97 Å². The highest BCUT2D eigenvalue weighted by Crippen LogP contribution is 2.34. The van der Waals surface area contributed by atoms with Gasteiger partial charge in [0.2, 0.25) is 5.91 Å². The number of nitrogens with one attached hydrogen (secondary N) is 2. The maximum absolute atomic E-state index is 12.2. The zero-order valence-electron chi connectivity index (χ0n) is 15.6. The van der Waals surface area contributed by atoms with Gasteiger partial charge < -0.3 is 10.3 Å². The van der Waals surface area contributed by atoms with Crippen LogP contribution in [-0.2, 0) is 4.79 Å². The topological polar surface area (TPSA) is 98.6 Å². The number of carbonyl (C=O) groups is 2. The number of hydrogen-bond acceptors (Lipinski definition) is 4. The first-order valence-electron chi connectivity index (χ1n) is 9.37. The number of amides is 1. The normalized spacial score (nSPS) is 13.3. The van der Waals surface area contributed by atoms with Crippen LogP contribution in [0.2, 0.25) is 0 Å². The summed E-state index contributed by atoms with van der Waals surface area (Å²) in [6, 6.07) is 11.4. The molecule has 0 atom stereocenters. The fraction of sp³-hybridized carbons (Fsp3) is 0.273. The number of Topliss-reactive ketones (excluding diaryl/α,β-unsaturated/α-hetero) is 1. The van der Waals surface area contributed by atoms with E-state index in [0.717, 1.165) is 34.9 Å². The molecule has 1 amide bonds. The lowest BCUT2D eigenvalue weighted by atomic mass is 9.95. The second-order valence-corrected chi connectivity index (χ2v) is 7.17. The van der Waals surface area contributed by atoms with Gasteiger partial charge in [-0.1, -0.05) is 12.1 Å². The van der Waals surface area contributed by atoms with E-state index >= 15 is 0 Å². The molecule has 140 valence electrons. The highest BCUT2D eigenvalue weighted by Gasteiger charge is 2.30. The van der Waals surface area contributed by atoms with Crippen molar-refractivity contribution in [2.75, 3.05) is 5.32 Å². The summed E-state index contributed by atoms with van der Waals surface area (Å²) in [5.74, 6) is 0.607. The number of fused-ring (bicyclic) bond motifs is 1. The standard InChI is InChI=1S/C22H20N4O2/c1-13-11-15(19(27)3-2-9-23)6-7-16(13)18-12-20(26-22(28)14-4-5-14)25-21-17(18)8-10-24-21/h6-8,10-12,14H,2-5H2,1H3,(H2,24,25,26,28). The van der Waals surface area contributed by atoms with Crippen molar-refractivity contribution in [2.45, 2.75) is 32.6 Å². The fourth-order valence-electron chi connectivity index (χ4n) is 3.35. The van der Waals surface area contributed by atoms with E-state index in [4.69, 9.17) is 5.26 Å². The number of nitriles is 1. The third kappa shape index (κ3) is 3.52. The largest absolute Gasteiger partial charge is 0.346 e. The van der Waals surface area contributed by atoms with Gasteiger partial charge in [-0.3, -0.25) is 9.59 Å². The van der Waals surface area contributed by atoms with Gasteiger partial charge in [-0.15, -0.1) is 0 Å². The molecule has 1 fully saturated rings. The van der Waals surface area contributed by atoms with Crippen molar-refractivity contribution in [3.8, 4) is 17.2 Å². The molecule has 2 N–H and O–H groups in total. The lowest BCUT2D eigenvalue weighted by molar-refractivity contribution is -0.117. The molecule has 0 bridgehead atoms. The summed E-state index contributed by atoms with van der Waals surface area (Å²) in [6.45, 7) is 1.96. The Bertz CT molecular complexity index is 1120. The Morgan fingerprint density at radius 1 is 1.25 bits per heavy atom. The molecule has 1 aromatic carbocycles. The number of carbonyl (C=O) groups excluding carboxylic acids is 2. The molecule has 1 saturated carbocycles. The van der Waals surface area contributed by atoms with Gasteiger partial charge in [0.25, 0.3) is 0 Å². The maximum atomic E-state index is 12.2. The summed E-state index contributed by atoms with van der Waals surface area (Å²) >= 11 is 0. The maximum Gasteiger partial charge on any atom is 0.228 e. The number of benzene rings is 1.